The van der Waals surface area contributed by atoms with Gasteiger partial charge in [-0.25, -0.2) is 19.6 Å². The number of pyridine rings is 2. The Morgan fingerprint density at radius 3 is 1.54 bits per heavy atom. The summed E-state index contributed by atoms with van der Waals surface area (Å²) in [7, 11) is -6.04. The first kappa shape index (κ1) is 66.3. The number of amides is 2. The Labute approximate surface area is 496 Å². The molecule has 9 rings (SSSR count). The molecular formula is C59H82BF3N6O15S. The summed E-state index contributed by atoms with van der Waals surface area (Å²) in [5.41, 5.74) is -3.22. The second-order valence-corrected chi connectivity index (χ2v) is 26.1. The Morgan fingerprint density at radius 1 is 0.671 bits per heavy atom. The number of rotatable bonds is 12. The van der Waals surface area contributed by atoms with E-state index >= 15 is 0 Å². The number of aromatic nitrogens is 2. The molecule has 5 aliphatic heterocycles. The standard InChI is InChI=1S/C26H35N3O5.C25H43BN2O6.C8H4F3NO4S/c1-5-32-24(30)22(19-10-15-29(16-11-19)25(31)34-26(2,3)4)28-13-8-18(9-14-28)21-17-33-23-20(21)7-6-12-27-23;1-9-31-21(29)20(18-10-14-28(15-11-18)22(30)32-23(2,3)4)27-16-12-19(13-17-27)26-33-24(5,6)25(7,8)34-26;9-8(10,11)17(13,14)16-6-4-15-7-5(6)2-1-3-12-7/h6-8,12,17,19,22H,5,9-11,13-16H2,1-4H3;12,18,20H,9-11,13-17H2,1-8H3;1-4H. The summed E-state index contributed by atoms with van der Waals surface area (Å²) < 4.78 is 106. The normalized spacial score (nSPS) is 20.0. The maximum Gasteiger partial charge on any atom is 0.534 e. The molecule has 2 atom stereocenters. The highest BCUT2D eigenvalue weighted by Gasteiger charge is 2.53. The number of carbonyl (C=O) groups is 4. The van der Waals surface area contributed by atoms with E-state index in [1.54, 1.807) is 22.3 Å². The molecule has 26 heteroatoms. The highest BCUT2D eigenvalue weighted by Crippen LogP contribution is 2.41. The van der Waals surface area contributed by atoms with Crippen molar-refractivity contribution in [1.82, 2.24) is 29.6 Å². The van der Waals surface area contributed by atoms with E-state index in [-0.39, 0.29) is 77.5 Å². The van der Waals surface area contributed by atoms with E-state index in [0.29, 0.717) is 58.2 Å². The van der Waals surface area contributed by atoms with Crippen LogP contribution in [-0.2, 0) is 48.0 Å². The fourth-order valence-electron chi connectivity index (χ4n) is 10.7. The molecule has 0 radical (unpaired) electrons. The molecule has 85 heavy (non-hydrogen) atoms. The maximum absolute atomic E-state index is 13.0. The smallest absolute Gasteiger partial charge is 0.465 e. The number of fused-ring (bicyclic) bond motifs is 2. The van der Waals surface area contributed by atoms with Crippen LogP contribution in [0.15, 0.2) is 75.6 Å². The van der Waals surface area contributed by atoms with E-state index in [2.05, 4.69) is 63.8 Å². The molecule has 4 aromatic heterocycles. The maximum atomic E-state index is 13.0. The van der Waals surface area contributed by atoms with Gasteiger partial charge in [0, 0.05) is 75.7 Å². The van der Waals surface area contributed by atoms with Crippen molar-refractivity contribution < 1.29 is 82.0 Å². The highest BCUT2D eigenvalue weighted by molar-refractivity contribution is 7.88. The van der Waals surface area contributed by atoms with Crippen LogP contribution in [0.1, 0.15) is 127 Å². The van der Waals surface area contributed by atoms with Crippen molar-refractivity contribution in [3.8, 4) is 5.75 Å². The fourth-order valence-corrected chi connectivity index (χ4v) is 11.2. The number of hydrogen-bond donors (Lipinski definition) is 0. The second kappa shape index (κ2) is 27.2. The minimum atomic E-state index is -5.70. The molecule has 0 aromatic carbocycles. The second-order valence-electron chi connectivity index (χ2n) is 24.5. The van der Waals surface area contributed by atoms with E-state index in [0.717, 1.165) is 74.3 Å². The molecule has 2 amide bonds. The number of halogens is 3. The monoisotopic (exact) mass is 1210 g/mol. The van der Waals surface area contributed by atoms with Crippen molar-refractivity contribution in [3.05, 3.63) is 72.4 Å². The third-order valence-electron chi connectivity index (χ3n) is 15.7. The molecule has 0 saturated carbocycles. The number of alkyl halides is 3. The zero-order valence-corrected chi connectivity index (χ0v) is 51.6. The molecule has 0 N–H and O–H groups in total. The van der Waals surface area contributed by atoms with Crippen molar-refractivity contribution >= 4 is 69.1 Å². The first-order valence-corrected chi connectivity index (χ1v) is 30.4. The first-order chi connectivity index (χ1) is 39.8. The summed E-state index contributed by atoms with van der Waals surface area (Å²) in [5.74, 6) is -0.639. The van der Waals surface area contributed by atoms with Gasteiger partial charge in [-0.15, -0.1) is 0 Å². The van der Waals surface area contributed by atoms with E-state index in [9.17, 15) is 40.8 Å². The average Bonchev–Trinajstić information content (AvgIpc) is 4.14. The summed E-state index contributed by atoms with van der Waals surface area (Å²) >= 11 is 0. The van der Waals surface area contributed by atoms with Gasteiger partial charge in [-0.2, -0.15) is 21.6 Å². The topological polar surface area (TPSA) is 232 Å². The number of carbonyl (C=O) groups excluding carboxylic acids is 4. The molecule has 2 unspecified atom stereocenters. The number of nitrogens with zero attached hydrogens (tertiary/aromatic N) is 6. The fraction of sp³-hybridized carbons (Fsp3) is 0.627. The largest absolute Gasteiger partial charge is 0.534 e. The van der Waals surface area contributed by atoms with Crippen molar-refractivity contribution in [2.45, 2.75) is 162 Å². The van der Waals surface area contributed by atoms with Crippen LogP contribution in [-0.4, -0.2) is 175 Å². The van der Waals surface area contributed by atoms with Gasteiger partial charge in [-0.05, 0) is 169 Å². The number of esters is 2. The van der Waals surface area contributed by atoms with Crippen LogP contribution >= 0.6 is 0 Å². The summed E-state index contributed by atoms with van der Waals surface area (Å²) in [6.07, 6.45) is 13.9. The number of ether oxygens (including phenoxy) is 4. The Bertz CT molecular complexity index is 3120. The lowest BCUT2D eigenvalue weighted by Gasteiger charge is -2.41. The molecule has 9 heterocycles. The number of likely N-dealkylation sites (tertiary alicyclic amines) is 2. The summed E-state index contributed by atoms with van der Waals surface area (Å²) in [6.45, 7) is 29.0. The molecule has 5 aliphatic rings. The van der Waals surface area contributed by atoms with Gasteiger partial charge in [0.05, 0.1) is 29.8 Å². The zero-order chi connectivity index (χ0) is 62.3. The molecule has 468 valence electrons. The van der Waals surface area contributed by atoms with Crippen molar-refractivity contribution in [2.75, 3.05) is 65.6 Å². The Morgan fingerprint density at radius 2 is 1.12 bits per heavy atom. The van der Waals surface area contributed by atoms with E-state index < -0.39 is 32.6 Å². The molecule has 21 nitrogen and oxygen atoms in total. The van der Waals surface area contributed by atoms with Gasteiger partial charge in [0.15, 0.2) is 5.75 Å². The molecule has 3 fully saturated rings. The van der Waals surface area contributed by atoms with Gasteiger partial charge >= 0.3 is 46.9 Å². The van der Waals surface area contributed by atoms with Gasteiger partial charge in [0.2, 0.25) is 11.4 Å². The molecular weight excluding hydrogens is 1130 g/mol. The first-order valence-electron chi connectivity index (χ1n) is 29.0. The minimum absolute atomic E-state index is 0.0140. The van der Waals surface area contributed by atoms with Crippen LogP contribution in [0.3, 0.4) is 0 Å². The molecule has 4 aromatic rings. The predicted octanol–water partition coefficient (Wildman–Crippen LogP) is 10.4. The quantitative estimate of drug-likeness (QED) is 0.0422. The SMILES string of the molecule is CCOC(=O)C(C1CCN(C(=O)OC(C)(C)C)CC1)N1CC=C(B2OC(C)(C)C(C)(C)O2)CC1.CCOC(=O)C(C1CCN(C(=O)OC(C)(C)C)CC1)N1CC=C(c2coc3ncccc23)CC1.O=S(=O)(Oc1coc2ncccc12)C(F)(F)F. The van der Waals surface area contributed by atoms with Crippen LogP contribution < -0.4 is 4.18 Å². The molecule has 0 spiro atoms. The van der Waals surface area contributed by atoms with Gasteiger partial charge in [0.1, 0.15) is 35.8 Å². The highest BCUT2D eigenvalue weighted by atomic mass is 32.2. The van der Waals surface area contributed by atoms with Crippen LogP contribution in [0.5, 0.6) is 5.75 Å². The lowest BCUT2D eigenvalue weighted by atomic mass is 9.74. The molecule has 0 bridgehead atoms. The van der Waals surface area contributed by atoms with Crippen molar-refractivity contribution in [1.29, 1.82) is 0 Å². The Balaban J connectivity index is 0.000000193. The Hall–Kier alpha value is -6.22. The summed E-state index contributed by atoms with van der Waals surface area (Å²) in [6, 6.07) is 6.03. The third-order valence-corrected chi connectivity index (χ3v) is 16.6. The molecule has 0 aliphatic carbocycles. The number of furan rings is 2. The van der Waals surface area contributed by atoms with Crippen molar-refractivity contribution in [3.63, 3.8) is 0 Å². The lowest BCUT2D eigenvalue weighted by Crippen LogP contribution is -2.53. The van der Waals surface area contributed by atoms with Gasteiger partial charge in [-0.3, -0.25) is 19.4 Å². The number of hydrogen-bond acceptors (Lipinski definition) is 19. The van der Waals surface area contributed by atoms with Crippen LogP contribution in [0.2, 0.25) is 0 Å². The number of piperidine rings is 2. The lowest BCUT2D eigenvalue weighted by molar-refractivity contribution is -0.153. The Kier molecular flexibility index (Phi) is 21.2. The predicted molar refractivity (Wildman–Crippen MR) is 310 cm³/mol. The van der Waals surface area contributed by atoms with Gasteiger partial charge in [-0.1, -0.05) is 12.2 Å². The summed E-state index contributed by atoms with van der Waals surface area (Å²) in [4.78, 5) is 66.8. The van der Waals surface area contributed by atoms with E-state index in [1.165, 1.54) is 23.9 Å². The van der Waals surface area contributed by atoms with Gasteiger partial charge < -0.3 is 51.1 Å². The van der Waals surface area contributed by atoms with Gasteiger partial charge in [0.25, 0.3) is 0 Å². The summed E-state index contributed by atoms with van der Waals surface area (Å²) in [5, 5.41) is 1.05. The molecule has 3 saturated heterocycles. The average molecular weight is 1220 g/mol. The zero-order valence-electron chi connectivity index (χ0n) is 50.8. The van der Waals surface area contributed by atoms with E-state index in [1.807, 2.05) is 67.5 Å². The van der Waals surface area contributed by atoms with Crippen LogP contribution in [0, 0.1) is 11.8 Å². The third kappa shape index (κ3) is 16.9. The van der Waals surface area contributed by atoms with Crippen molar-refractivity contribution in [2.24, 2.45) is 11.8 Å². The van der Waals surface area contributed by atoms with Crippen LogP contribution in [0.25, 0.3) is 27.8 Å². The minimum Gasteiger partial charge on any atom is -0.465 e. The van der Waals surface area contributed by atoms with Crippen LogP contribution in [0.4, 0.5) is 22.8 Å². The van der Waals surface area contributed by atoms with E-state index in [4.69, 9.17) is 37.1 Å².